The first-order valence-corrected chi connectivity index (χ1v) is 12.6. The third-order valence-electron chi connectivity index (χ3n) is 5.66. The van der Waals surface area contributed by atoms with E-state index >= 15 is 0 Å². The van der Waals surface area contributed by atoms with E-state index in [1.165, 1.54) is 23.0 Å². The predicted octanol–water partition coefficient (Wildman–Crippen LogP) is 5.08. The van der Waals surface area contributed by atoms with Gasteiger partial charge >= 0.3 is 5.97 Å². The number of thiazole rings is 1. The molecule has 2 aromatic heterocycles. The SMILES string of the molecule is COC(=O)C1=C(C)N=c2sc(=Cc3ccc(-c4ccc(Br)cc4)o3)c(=O)n2[C@@H]1c1ccccc1Cl. The van der Waals surface area contributed by atoms with E-state index in [4.69, 9.17) is 20.8 Å². The number of ether oxygens (including phenoxy) is 1. The minimum atomic E-state index is -0.760. The molecule has 6 nitrogen and oxygen atoms in total. The predicted molar refractivity (Wildman–Crippen MR) is 139 cm³/mol. The number of carbonyl (C=O) groups is 1. The van der Waals surface area contributed by atoms with Crippen LogP contribution in [-0.2, 0) is 9.53 Å². The summed E-state index contributed by atoms with van der Waals surface area (Å²) < 4.78 is 13.9. The molecule has 176 valence electrons. The lowest BCUT2D eigenvalue weighted by atomic mass is 9.96. The van der Waals surface area contributed by atoms with Crippen molar-refractivity contribution >= 4 is 50.9 Å². The maximum atomic E-state index is 13.6. The number of rotatable bonds is 4. The van der Waals surface area contributed by atoms with Crippen LogP contribution in [-0.4, -0.2) is 17.6 Å². The van der Waals surface area contributed by atoms with Gasteiger partial charge in [0.1, 0.15) is 17.6 Å². The Kier molecular flexibility index (Phi) is 6.35. The molecule has 35 heavy (non-hydrogen) atoms. The number of methoxy groups -OCH3 is 1. The van der Waals surface area contributed by atoms with Gasteiger partial charge in [0.2, 0.25) is 0 Å². The van der Waals surface area contributed by atoms with Gasteiger partial charge in [-0.2, -0.15) is 0 Å². The number of hydrogen-bond acceptors (Lipinski definition) is 6. The Labute approximate surface area is 217 Å². The minimum absolute atomic E-state index is 0.273. The van der Waals surface area contributed by atoms with Gasteiger partial charge in [-0.1, -0.05) is 69.2 Å². The zero-order valence-corrected chi connectivity index (χ0v) is 21.8. The molecule has 0 bridgehead atoms. The van der Waals surface area contributed by atoms with E-state index in [1.807, 2.05) is 42.5 Å². The number of esters is 1. The quantitative estimate of drug-likeness (QED) is 0.321. The molecule has 0 aliphatic carbocycles. The molecule has 0 fully saturated rings. The van der Waals surface area contributed by atoms with Crippen LogP contribution in [0.3, 0.4) is 0 Å². The van der Waals surface area contributed by atoms with Crippen molar-refractivity contribution in [1.29, 1.82) is 0 Å². The third-order valence-corrected chi connectivity index (χ3v) is 7.51. The molecule has 0 unspecified atom stereocenters. The molecular weight excluding hydrogens is 552 g/mol. The first-order valence-electron chi connectivity index (χ1n) is 10.6. The van der Waals surface area contributed by atoms with E-state index in [0.29, 0.717) is 37.1 Å². The molecule has 0 saturated carbocycles. The molecule has 1 aliphatic heterocycles. The highest BCUT2D eigenvalue weighted by molar-refractivity contribution is 9.10. The van der Waals surface area contributed by atoms with Crippen LogP contribution in [0.1, 0.15) is 24.3 Å². The van der Waals surface area contributed by atoms with Crippen molar-refractivity contribution in [3.8, 4) is 11.3 Å². The number of furan rings is 1. The van der Waals surface area contributed by atoms with E-state index in [1.54, 1.807) is 31.2 Å². The van der Waals surface area contributed by atoms with E-state index in [2.05, 4.69) is 20.9 Å². The van der Waals surface area contributed by atoms with Gasteiger partial charge in [-0.25, -0.2) is 9.79 Å². The number of aromatic nitrogens is 1. The normalized spacial score (nSPS) is 15.7. The summed E-state index contributed by atoms with van der Waals surface area (Å²) in [6.07, 6.45) is 1.69. The first-order chi connectivity index (χ1) is 16.9. The van der Waals surface area contributed by atoms with Gasteiger partial charge in [0.25, 0.3) is 5.56 Å². The Balaban J connectivity index is 1.66. The zero-order valence-electron chi connectivity index (χ0n) is 18.6. The van der Waals surface area contributed by atoms with Crippen LogP contribution in [0.2, 0.25) is 5.02 Å². The van der Waals surface area contributed by atoms with Crippen LogP contribution in [0.4, 0.5) is 0 Å². The molecule has 0 N–H and O–H groups in total. The molecule has 1 aliphatic rings. The second kappa shape index (κ2) is 9.45. The van der Waals surface area contributed by atoms with Crippen molar-refractivity contribution < 1.29 is 13.9 Å². The molecule has 3 heterocycles. The van der Waals surface area contributed by atoms with E-state index in [9.17, 15) is 9.59 Å². The van der Waals surface area contributed by atoms with Gasteiger partial charge in [-0.05, 0) is 42.8 Å². The topological polar surface area (TPSA) is 73.8 Å². The Hall–Kier alpha value is -3.20. The van der Waals surface area contributed by atoms with Gasteiger partial charge in [0.05, 0.1) is 22.9 Å². The monoisotopic (exact) mass is 568 g/mol. The molecular formula is C26H18BrClN2O4S. The van der Waals surface area contributed by atoms with Gasteiger partial charge in [-0.15, -0.1) is 0 Å². The number of allylic oxidation sites excluding steroid dienone is 1. The lowest BCUT2D eigenvalue weighted by molar-refractivity contribution is -0.136. The number of nitrogens with zero attached hydrogens (tertiary/aromatic N) is 2. The Morgan fingerprint density at radius 3 is 2.63 bits per heavy atom. The minimum Gasteiger partial charge on any atom is -0.466 e. The Morgan fingerprint density at radius 1 is 1.17 bits per heavy atom. The summed E-state index contributed by atoms with van der Waals surface area (Å²) >= 11 is 11.2. The first kappa shape index (κ1) is 23.5. The van der Waals surface area contributed by atoms with Crippen molar-refractivity contribution in [2.75, 3.05) is 7.11 Å². The van der Waals surface area contributed by atoms with Crippen molar-refractivity contribution in [3.63, 3.8) is 0 Å². The summed E-state index contributed by atoms with van der Waals surface area (Å²) in [5.41, 5.74) is 1.99. The van der Waals surface area contributed by atoms with Crippen molar-refractivity contribution in [2.24, 2.45) is 4.99 Å². The van der Waals surface area contributed by atoms with Crippen LogP contribution in [0.25, 0.3) is 17.4 Å². The molecule has 0 amide bonds. The lowest BCUT2D eigenvalue weighted by Gasteiger charge is -2.25. The third kappa shape index (κ3) is 4.33. The summed E-state index contributed by atoms with van der Waals surface area (Å²) in [4.78, 5) is 31.4. The molecule has 2 aromatic carbocycles. The number of hydrogen-bond donors (Lipinski definition) is 0. The number of fused-ring (bicyclic) bond motifs is 1. The van der Waals surface area contributed by atoms with Crippen molar-refractivity contribution in [1.82, 2.24) is 4.57 Å². The van der Waals surface area contributed by atoms with Gasteiger partial charge in [0.15, 0.2) is 4.80 Å². The fourth-order valence-corrected chi connectivity index (χ4v) is 5.54. The fourth-order valence-electron chi connectivity index (χ4n) is 4.01. The van der Waals surface area contributed by atoms with Crippen LogP contribution in [0.5, 0.6) is 0 Å². The summed E-state index contributed by atoms with van der Waals surface area (Å²) in [6.45, 7) is 1.73. The largest absolute Gasteiger partial charge is 0.466 e. The number of halogens is 2. The van der Waals surface area contributed by atoms with E-state index in [-0.39, 0.29) is 11.1 Å². The highest BCUT2D eigenvalue weighted by Crippen LogP contribution is 2.34. The molecule has 9 heteroatoms. The van der Waals surface area contributed by atoms with E-state index < -0.39 is 12.0 Å². The summed E-state index contributed by atoms with van der Waals surface area (Å²) in [7, 11) is 1.30. The molecule has 4 aromatic rings. The van der Waals surface area contributed by atoms with Gasteiger partial charge < -0.3 is 9.15 Å². The standard InChI is InChI=1S/C26H18BrClN2O4S/c1-14-22(25(32)33-2)23(18-5-3-4-6-19(18)28)30-24(31)21(35-26(30)29-14)13-17-11-12-20(34-17)15-7-9-16(27)10-8-15/h3-13,23H,1-2H3/t23-/m1/s1. The van der Waals surface area contributed by atoms with Crippen molar-refractivity contribution in [3.05, 3.63) is 112 Å². The summed E-state index contributed by atoms with van der Waals surface area (Å²) in [5, 5.41) is 0.438. The van der Waals surface area contributed by atoms with E-state index in [0.717, 1.165) is 10.0 Å². The van der Waals surface area contributed by atoms with Crippen LogP contribution in [0, 0.1) is 0 Å². The molecule has 5 rings (SSSR count). The molecule has 0 radical (unpaired) electrons. The lowest BCUT2D eigenvalue weighted by Crippen LogP contribution is -2.39. The highest BCUT2D eigenvalue weighted by atomic mass is 79.9. The van der Waals surface area contributed by atoms with Gasteiger partial charge in [-0.3, -0.25) is 9.36 Å². The zero-order chi connectivity index (χ0) is 24.7. The maximum absolute atomic E-state index is 13.6. The second-order valence-electron chi connectivity index (χ2n) is 7.80. The maximum Gasteiger partial charge on any atom is 0.338 e. The van der Waals surface area contributed by atoms with Crippen molar-refractivity contribution in [2.45, 2.75) is 13.0 Å². The Bertz CT molecular complexity index is 1660. The highest BCUT2D eigenvalue weighted by Gasteiger charge is 2.34. The average Bonchev–Trinajstić information content (AvgIpc) is 3.43. The fraction of sp³-hybridized carbons (Fsp3) is 0.115. The summed E-state index contributed by atoms with van der Waals surface area (Å²) in [6, 6.07) is 17.8. The number of carbonyl (C=O) groups excluding carboxylic acids is 1. The molecule has 0 spiro atoms. The summed E-state index contributed by atoms with van der Waals surface area (Å²) in [5.74, 6) is 0.663. The molecule has 1 atom stereocenters. The number of benzene rings is 2. The second-order valence-corrected chi connectivity index (χ2v) is 10.1. The molecule has 0 saturated heterocycles. The van der Waals surface area contributed by atoms with Crippen LogP contribution < -0.4 is 14.9 Å². The van der Waals surface area contributed by atoms with Crippen LogP contribution >= 0.6 is 38.9 Å². The van der Waals surface area contributed by atoms with Crippen LogP contribution in [0.15, 0.2) is 90.6 Å². The average molecular weight is 570 g/mol. The smallest absolute Gasteiger partial charge is 0.338 e. The Morgan fingerprint density at radius 2 is 1.91 bits per heavy atom. The van der Waals surface area contributed by atoms with Gasteiger partial charge in [0, 0.05) is 21.1 Å².